The third kappa shape index (κ3) is 6.19. The van der Waals surface area contributed by atoms with E-state index in [2.05, 4.69) is 21.9 Å². The Morgan fingerprint density at radius 3 is 2.49 bits per heavy atom. The number of aromatic nitrogens is 2. The molecule has 1 aliphatic heterocycles. The highest BCUT2D eigenvalue weighted by Crippen LogP contribution is 2.37. The van der Waals surface area contributed by atoms with Crippen LogP contribution in [-0.2, 0) is 4.79 Å². The Kier molecular flexibility index (Phi) is 8.05. The number of methoxy groups -OCH3 is 1. The van der Waals surface area contributed by atoms with Crippen molar-refractivity contribution in [2.75, 3.05) is 25.5 Å². The predicted molar refractivity (Wildman–Crippen MR) is 153 cm³/mol. The fraction of sp³-hybridized carbons (Fsp3) is 0.207. The van der Waals surface area contributed by atoms with Crippen molar-refractivity contribution in [2.24, 2.45) is 0 Å². The lowest BCUT2D eigenvalue weighted by molar-refractivity contribution is -0.127. The van der Waals surface area contributed by atoms with E-state index in [1.165, 1.54) is 12.4 Å². The molecule has 2 heterocycles. The third-order valence-electron chi connectivity index (χ3n) is 6.38. The minimum atomic E-state index is -0.0609. The molecule has 1 N–H and O–H groups in total. The van der Waals surface area contributed by atoms with Crippen LogP contribution in [0.25, 0.3) is 10.9 Å². The highest BCUT2D eigenvalue weighted by Gasteiger charge is 2.24. The molecule has 39 heavy (non-hydrogen) atoms. The molecule has 4 aromatic rings. The minimum absolute atomic E-state index is 0.0572. The van der Waals surface area contributed by atoms with Gasteiger partial charge in [0.05, 0.1) is 17.6 Å². The van der Waals surface area contributed by atoms with E-state index >= 15 is 0 Å². The summed E-state index contributed by atoms with van der Waals surface area (Å²) in [4.78, 5) is 22.5. The van der Waals surface area contributed by atoms with Gasteiger partial charge in [0.25, 0.3) is 0 Å². The summed E-state index contributed by atoms with van der Waals surface area (Å²) in [5.74, 6) is 2.82. The molecule has 0 bridgehead atoms. The summed E-state index contributed by atoms with van der Waals surface area (Å²) in [5, 5.41) is 5.13. The van der Waals surface area contributed by atoms with Crippen molar-refractivity contribution in [2.45, 2.75) is 18.9 Å². The number of carbonyl (C=O) groups is 1. The lowest BCUT2D eigenvalue weighted by Gasteiger charge is -2.31. The fourth-order valence-corrected chi connectivity index (χ4v) is 4.69. The van der Waals surface area contributed by atoms with Crippen LogP contribution >= 0.6 is 23.2 Å². The van der Waals surface area contributed by atoms with Crippen LogP contribution in [-0.4, -0.2) is 47.1 Å². The van der Waals surface area contributed by atoms with Crippen molar-refractivity contribution in [3.63, 3.8) is 0 Å². The maximum absolute atomic E-state index is 11.9. The first-order valence-corrected chi connectivity index (χ1v) is 13.1. The second-order valence-corrected chi connectivity index (χ2v) is 9.76. The van der Waals surface area contributed by atoms with Crippen LogP contribution < -0.4 is 19.5 Å². The van der Waals surface area contributed by atoms with E-state index in [-0.39, 0.29) is 12.0 Å². The first-order valence-electron chi connectivity index (χ1n) is 12.3. The first kappa shape index (κ1) is 26.6. The molecule has 1 saturated heterocycles. The largest absolute Gasteiger partial charge is 0.493 e. The molecule has 8 nitrogen and oxygen atoms in total. The molecule has 5 rings (SSSR count). The zero-order chi connectivity index (χ0) is 27.4. The van der Waals surface area contributed by atoms with Gasteiger partial charge in [-0.2, -0.15) is 0 Å². The number of fused-ring (bicyclic) bond motifs is 1. The molecule has 10 heteroatoms. The molecule has 0 radical (unpaired) electrons. The van der Waals surface area contributed by atoms with E-state index < -0.39 is 0 Å². The van der Waals surface area contributed by atoms with Crippen molar-refractivity contribution < 1.29 is 19.0 Å². The van der Waals surface area contributed by atoms with Gasteiger partial charge in [-0.25, -0.2) is 9.97 Å². The fourth-order valence-electron chi connectivity index (χ4n) is 4.35. The predicted octanol–water partition coefficient (Wildman–Crippen LogP) is 7.04. The number of ether oxygens (including phenoxy) is 3. The smallest absolute Gasteiger partial charge is 0.245 e. The number of nitrogens with one attached hydrogen (secondary N) is 1. The highest BCUT2D eigenvalue weighted by molar-refractivity contribution is 6.32. The zero-order valence-electron chi connectivity index (χ0n) is 21.2. The lowest BCUT2D eigenvalue weighted by Crippen LogP contribution is -2.41. The Bertz CT molecular complexity index is 1510. The molecule has 0 saturated carbocycles. The van der Waals surface area contributed by atoms with Crippen LogP contribution in [0.15, 0.2) is 73.6 Å². The number of nitrogens with zero attached hydrogens (tertiary/aromatic N) is 3. The number of benzene rings is 3. The number of likely N-dealkylation sites (tertiary alicyclic amines) is 1. The topological polar surface area (TPSA) is 85.8 Å². The van der Waals surface area contributed by atoms with Gasteiger partial charge in [0.15, 0.2) is 11.5 Å². The Hall–Kier alpha value is -4.01. The van der Waals surface area contributed by atoms with E-state index in [4.69, 9.17) is 37.4 Å². The van der Waals surface area contributed by atoms with Gasteiger partial charge in [0, 0.05) is 48.1 Å². The molecule has 3 aromatic carbocycles. The van der Waals surface area contributed by atoms with Crippen molar-refractivity contribution in [1.82, 2.24) is 14.9 Å². The summed E-state index contributed by atoms with van der Waals surface area (Å²) in [6, 6.07) is 16.1. The summed E-state index contributed by atoms with van der Waals surface area (Å²) < 4.78 is 17.8. The molecular formula is C29H26Cl2N4O4. The van der Waals surface area contributed by atoms with Crippen molar-refractivity contribution in [3.8, 4) is 23.0 Å². The number of halogens is 2. The van der Waals surface area contributed by atoms with Crippen molar-refractivity contribution in [1.29, 1.82) is 0 Å². The standard InChI is InChI=1S/C29H26Cl2N4O4/c1-3-28(36)35-12-10-21(11-13-35)39-27-15-22-24(16-26(27)37-2)32-17-33-29(22)34-19-6-9-25(23(31)14-19)38-20-7-4-18(30)5-8-20/h3-9,14-17,21H,1,10-13H2,2H3,(H,32,33,34). The summed E-state index contributed by atoms with van der Waals surface area (Å²) in [6.45, 7) is 4.79. The molecule has 0 spiro atoms. The van der Waals surface area contributed by atoms with Crippen LogP contribution in [0.5, 0.6) is 23.0 Å². The van der Waals surface area contributed by atoms with Crippen LogP contribution in [0.1, 0.15) is 12.8 Å². The summed E-state index contributed by atoms with van der Waals surface area (Å²) in [6.07, 6.45) is 4.19. The number of hydrogen-bond acceptors (Lipinski definition) is 7. The maximum atomic E-state index is 11.9. The van der Waals surface area contributed by atoms with Gasteiger partial charge in [-0.1, -0.05) is 29.8 Å². The SMILES string of the molecule is C=CC(=O)N1CCC(Oc2cc3c(Nc4ccc(Oc5ccc(Cl)cc5)c(Cl)c4)ncnc3cc2OC)CC1. The van der Waals surface area contributed by atoms with Crippen LogP contribution in [0.4, 0.5) is 11.5 Å². The van der Waals surface area contributed by atoms with E-state index in [0.717, 1.165) is 11.1 Å². The number of piperidine rings is 1. The van der Waals surface area contributed by atoms with E-state index in [1.54, 1.807) is 48.4 Å². The van der Waals surface area contributed by atoms with Gasteiger partial charge in [0.2, 0.25) is 5.91 Å². The average Bonchev–Trinajstić information content (AvgIpc) is 2.95. The van der Waals surface area contributed by atoms with Gasteiger partial charge in [-0.05, 0) is 54.6 Å². The van der Waals surface area contributed by atoms with Gasteiger partial charge >= 0.3 is 0 Å². The molecular weight excluding hydrogens is 539 g/mol. The molecule has 0 aliphatic carbocycles. The quantitative estimate of drug-likeness (QED) is 0.230. The number of carbonyl (C=O) groups excluding carboxylic acids is 1. The van der Waals surface area contributed by atoms with E-state index in [0.29, 0.717) is 70.3 Å². The summed E-state index contributed by atoms with van der Waals surface area (Å²) in [5.41, 5.74) is 1.41. The Labute approximate surface area is 236 Å². The van der Waals surface area contributed by atoms with Crippen LogP contribution in [0.3, 0.4) is 0 Å². The van der Waals surface area contributed by atoms with Gasteiger partial charge in [0.1, 0.15) is 29.7 Å². The third-order valence-corrected chi connectivity index (χ3v) is 6.93. The van der Waals surface area contributed by atoms with Crippen molar-refractivity contribution >= 4 is 51.5 Å². The van der Waals surface area contributed by atoms with Crippen LogP contribution in [0, 0.1) is 0 Å². The van der Waals surface area contributed by atoms with Crippen molar-refractivity contribution in [3.05, 3.63) is 83.6 Å². The van der Waals surface area contributed by atoms with E-state index in [1.807, 2.05) is 18.2 Å². The molecule has 1 amide bonds. The molecule has 0 unspecified atom stereocenters. The molecule has 1 fully saturated rings. The minimum Gasteiger partial charge on any atom is -0.493 e. The first-order chi connectivity index (χ1) is 18.9. The molecule has 1 aliphatic rings. The average molecular weight is 565 g/mol. The van der Waals surface area contributed by atoms with Gasteiger partial charge in [-0.15, -0.1) is 0 Å². The summed E-state index contributed by atoms with van der Waals surface area (Å²) in [7, 11) is 1.59. The highest BCUT2D eigenvalue weighted by atomic mass is 35.5. The number of rotatable bonds is 8. The number of hydrogen-bond donors (Lipinski definition) is 1. The second-order valence-electron chi connectivity index (χ2n) is 8.92. The Balaban J connectivity index is 1.35. The van der Waals surface area contributed by atoms with E-state index in [9.17, 15) is 4.79 Å². The number of amides is 1. The zero-order valence-corrected chi connectivity index (χ0v) is 22.7. The molecule has 0 atom stereocenters. The maximum Gasteiger partial charge on any atom is 0.245 e. The summed E-state index contributed by atoms with van der Waals surface area (Å²) >= 11 is 12.5. The number of anilines is 2. The Morgan fingerprint density at radius 2 is 1.79 bits per heavy atom. The monoisotopic (exact) mass is 564 g/mol. The molecule has 1 aromatic heterocycles. The second kappa shape index (κ2) is 11.8. The van der Waals surface area contributed by atoms with Crippen LogP contribution in [0.2, 0.25) is 10.0 Å². The Morgan fingerprint density at radius 1 is 1.03 bits per heavy atom. The van der Waals surface area contributed by atoms with Gasteiger partial charge < -0.3 is 24.4 Å². The lowest BCUT2D eigenvalue weighted by atomic mass is 10.1. The normalized spacial score (nSPS) is 13.7. The van der Waals surface area contributed by atoms with Gasteiger partial charge in [-0.3, -0.25) is 4.79 Å². The molecule has 200 valence electrons.